The highest BCUT2D eigenvalue weighted by atomic mass is 28.3. The van der Waals surface area contributed by atoms with E-state index >= 15 is 0 Å². The smallest absolute Gasteiger partial charge is 0.125 e. The lowest BCUT2D eigenvalue weighted by molar-refractivity contribution is 0.414. The average Bonchev–Trinajstić information content (AvgIpc) is 3.08. The fourth-order valence-corrected chi connectivity index (χ4v) is 5.09. The van der Waals surface area contributed by atoms with Crippen molar-refractivity contribution in [2.45, 2.75) is 45.1 Å². The molecule has 0 aliphatic heterocycles. The van der Waals surface area contributed by atoms with Crippen molar-refractivity contribution in [1.29, 1.82) is 0 Å². The highest BCUT2D eigenvalue weighted by Gasteiger charge is 2.24. The van der Waals surface area contributed by atoms with Crippen LogP contribution < -0.4 is 10.1 Å². The molecule has 1 N–H and O–H groups in total. The van der Waals surface area contributed by atoms with Crippen LogP contribution in [-0.4, -0.2) is 15.2 Å². The summed E-state index contributed by atoms with van der Waals surface area (Å²) in [5.74, 6) is 2.41. The van der Waals surface area contributed by atoms with E-state index in [1.165, 1.54) is 6.04 Å². The summed E-state index contributed by atoms with van der Waals surface area (Å²) in [6, 6.07) is 13.5. The molecule has 0 unspecified atom stereocenters. The number of nitrogens with one attached hydrogen (secondary N) is 1. The number of rotatable bonds is 9. The second-order valence-electron chi connectivity index (χ2n) is 7.73. The summed E-state index contributed by atoms with van der Waals surface area (Å²) in [5.41, 5.74) is 1.08. The van der Waals surface area contributed by atoms with Gasteiger partial charge in [0.25, 0.3) is 0 Å². The van der Waals surface area contributed by atoms with Crippen molar-refractivity contribution in [3.63, 3.8) is 0 Å². The number of methoxy groups -OCH3 is 1. The van der Waals surface area contributed by atoms with Gasteiger partial charge in [-0.25, -0.2) is 0 Å². The molecule has 2 aromatic rings. The van der Waals surface area contributed by atoms with Crippen LogP contribution in [0.1, 0.15) is 25.1 Å². The van der Waals surface area contributed by atoms with E-state index in [4.69, 9.17) is 9.15 Å². The van der Waals surface area contributed by atoms with Crippen LogP contribution in [0.5, 0.6) is 5.75 Å². The van der Waals surface area contributed by atoms with Gasteiger partial charge in [-0.2, -0.15) is 0 Å². The third kappa shape index (κ3) is 6.46. The van der Waals surface area contributed by atoms with E-state index in [9.17, 15) is 0 Å². The maximum atomic E-state index is 5.72. The van der Waals surface area contributed by atoms with Crippen molar-refractivity contribution < 1.29 is 9.15 Å². The van der Waals surface area contributed by atoms with Crippen molar-refractivity contribution in [2.24, 2.45) is 5.92 Å². The first-order valence-corrected chi connectivity index (χ1v) is 12.7. The van der Waals surface area contributed by atoms with Crippen molar-refractivity contribution >= 4 is 13.8 Å². The van der Waals surface area contributed by atoms with Gasteiger partial charge in [0.05, 0.1) is 19.4 Å². The number of hydrogen-bond acceptors (Lipinski definition) is 3. The molecule has 0 aliphatic rings. The zero-order valence-corrected chi connectivity index (χ0v) is 17.1. The summed E-state index contributed by atoms with van der Waals surface area (Å²) in [6.45, 7) is 9.41. The molecule has 0 radical (unpaired) electrons. The fourth-order valence-electron chi connectivity index (χ4n) is 3.22. The minimum atomic E-state index is -1.14. The molecule has 0 saturated heterocycles. The van der Waals surface area contributed by atoms with Gasteiger partial charge in [-0.3, -0.25) is 0 Å². The van der Waals surface area contributed by atoms with Gasteiger partial charge in [0.1, 0.15) is 11.5 Å². The number of benzene rings is 1. The maximum absolute atomic E-state index is 5.72. The Bertz CT molecular complexity index is 642. The molecule has 0 amide bonds. The second kappa shape index (κ2) is 8.95. The van der Waals surface area contributed by atoms with Crippen molar-refractivity contribution in [3.8, 4) is 5.75 Å². The van der Waals surface area contributed by atoms with Gasteiger partial charge in [-0.1, -0.05) is 37.8 Å². The Labute approximate surface area is 153 Å². The third-order valence-electron chi connectivity index (χ3n) is 4.20. The standard InChI is InChI=1S/C21H31NO2Si/c1-6-8-17(16-25(3,4)5)15-20(21-9-7-14-24-21)22-18-10-12-19(23-2)13-11-18/h6-14,17,20,22H,15-16H2,1-5H3/b8-6+/t17-,20-/m1/s1. The van der Waals surface area contributed by atoms with E-state index in [0.717, 1.165) is 23.6 Å². The topological polar surface area (TPSA) is 34.4 Å². The SMILES string of the molecule is C/C=C/[C@H](C[C@@H](Nc1ccc(OC)cc1)c1ccco1)C[Si](C)(C)C. The average molecular weight is 358 g/mol. The fraction of sp³-hybridized carbons (Fsp3) is 0.429. The summed E-state index contributed by atoms with van der Waals surface area (Å²) in [5, 5.41) is 3.64. The Morgan fingerprint density at radius 2 is 1.88 bits per heavy atom. The van der Waals surface area contributed by atoms with E-state index in [-0.39, 0.29) is 6.04 Å². The largest absolute Gasteiger partial charge is 0.497 e. The van der Waals surface area contributed by atoms with Gasteiger partial charge in [0.15, 0.2) is 0 Å². The molecule has 0 bridgehead atoms. The Hall–Kier alpha value is -1.94. The summed E-state index contributed by atoms with van der Waals surface area (Å²) < 4.78 is 11.0. The third-order valence-corrected chi connectivity index (χ3v) is 5.94. The first-order valence-electron chi connectivity index (χ1n) is 8.98. The van der Waals surface area contributed by atoms with E-state index < -0.39 is 8.07 Å². The van der Waals surface area contributed by atoms with Crippen molar-refractivity contribution in [3.05, 3.63) is 60.6 Å². The zero-order chi connectivity index (χ0) is 18.3. The van der Waals surface area contributed by atoms with E-state index in [1.54, 1.807) is 13.4 Å². The van der Waals surface area contributed by atoms with Crippen LogP contribution >= 0.6 is 0 Å². The molecular weight excluding hydrogens is 326 g/mol. The molecule has 136 valence electrons. The monoisotopic (exact) mass is 357 g/mol. The molecule has 2 rings (SSSR count). The quantitative estimate of drug-likeness (QED) is 0.419. The van der Waals surface area contributed by atoms with Gasteiger partial charge in [-0.05, 0) is 55.7 Å². The molecule has 0 spiro atoms. The highest BCUT2D eigenvalue weighted by Crippen LogP contribution is 2.31. The summed E-state index contributed by atoms with van der Waals surface area (Å²) in [6.07, 6.45) is 7.30. The Kier molecular flexibility index (Phi) is 6.94. The molecule has 25 heavy (non-hydrogen) atoms. The first kappa shape index (κ1) is 19.4. The molecule has 2 atom stereocenters. The zero-order valence-electron chi connectivity index (χ0n) is 16.1. The van der Waals surface area contributed by atoms with E-state index in [0.29, 0.717) is 5.92 Å². The molecule has 4 heteroatoms. The highest BCUT2D eigenvalue weighted by molar-refractivity contribution is 6.76. The molecule has 1 aromatic heterocycles. The Morgan fingerprint density at radius 1 is 1.16 bits per heavy atom. The van der Waals surface area contributed by atoms with Crippen LogP contribution in [0.15, 0.2) is 59.2 Å². The molecule has 0 aliphatic carbocycles. The minimum Gasteiger partial charge on any atom is -0.497 e. The van der Waals surface area contributed by atoms with E-state index in [2.05, 4.69) is 62.2 Å². The number of ether oxygens (including phenoxy) is 1. The summed E-state index contributed by atoms with van der Waals surface area (Å²) >= 11 is 0. The number of furan rings is 1. The molecule has 3 nitrogen and oxygen atoms in total. The van der Waals surface area contributed by atoms with Crippen LogP contribution in [0.2, 0.25) is 25.7 Å². The first-order chi connectivity index (χ1) is 11.9. The lowest BCUT2D eigenvalue weighted by atomic mass is 9.99. The Morgan fingerprint density at radius 3 is 2.40 bits per heavy atom. The van der Waals surface area contributed by atoms with Gasteiger partial charge in [0.2, 0.25) is 0 Å². The molecule has 0 fully saturated rings. The molecule has 0 saturated carbocycles. The predicted octanol–water partition coefficient (Wildman–Crippen LogP) is 6.36. The molecule has 1 heterocycles. The van der Waals surface area contributed by atoms with Crippen molar-refractivity contribution in [1.82, 2.24) is 0 Å². The number of hydrogen-bond donors (Lipinski definition) is 1. The lowest BCUT2D eigenvalue weighted by Gasteiger charge is -2.26. The normalized spacial score (nSPS) is 14.4. The van der Waals surface area contributed by atoms with Crippen LogP contribution in [0.3, 0.4) is 0 Å². The Balaban J connectivity index is 2.17. The molecule has 1 aromatic carbocycles. The van der Waals surface area contributed by atoms with Gasteiger partial charge < -0.3 is 14.5 Å². The summed E-state index contributed by atoms with van der Waals surface area (Å²) in [7, 11) is 0.547. The minimum absolute atomic E-state index is 0.154. The van der Waals surface area contributed by atoms with Crippen molar-refractivity contribution in [2.75, 3.05) is 12.4 Å². The van der Waals surface area contributed by atoms with Crippen LogP contribution in [0.4, 0.5) is 5.69 Å². The van der Waals surface area contributed by atoms with Gasteiger partial charge >= 0.3 is 0 Å². The van der Waals surface area contributed by atoms with Gasteiger partial charge in [0, 0.05) is 13.8 Å². The van der Waals surface area contributed by atoms with Crippen LogP contribution in [0, 0.1) is 5.92 Å². The number of anilines is 1. The van der Waals surface area contributed by atoms with Gasteiger partial charge in [-0.15, -0.1) is 0 Å². The summed E-state index contributed by atoms with van der Waals surface area (Å²) in [4.78, 5) is 0. The second-order valence-corrected chi connectivity index (χ2v) is 13.3. The number of allylic oxidation sites excluding steroid dienone is 2. The lowest BCUT2D eigenvalue weighted by Crippen LogP contribution is -2.25. The predicted molar refractivity (Wildman–Crippen MR) is 109 cm³/mol. The van der Waals surface area contributed by atoms with Crippen LogP contribution in [0.25, 0.3) is 0 Å². The van der Waals surface area contributed by atoms with Crippen LogP contribution in [-0.2, 0) is 0 Å². The maximum Gasteiger partial charge on any atom is 0.125 e. The molecular formula is C21H31NO2Si. The van der Waals surface area contributed by atoms with E-state index in [1.807, 2.05) is 18.2 Å².